The highest BCUT2D eigenvalue weighted by Gasteiger charge is 2.33. The fourth-order valence-electron chi connectivity index (χ4n) is 3.22. The van der Waals surface area contributed by atoms with Crippen molar-refractivity contribution in [2.45, 2.75) is 39.3 Å². The number of carbonyl (C=O) groups excluding carboxylic acids is 2. The summed E-state index contributed by atoms with van der Waals surface area (Å²) < 4.78 is 23.5. The summed E-state index contributed by atoms with van der Waals surface area (Å²) >= 11 is 0. The minimum absolute atomic E-state index is 0.104. The fraction of sp³-hybridized carbons (Fsp3) is 0.364. The van der Waals surface area contributed by atoms with Crippen LogP contribution in [0, 0.1) is 0 Å². The second-order valence-corrected chi connectivity index (χ2v) is 8.20. The number of Topliss-reactive ketones (excluding diaryl/α,β-unsaturated/α-hetero) is 1. The van der Waals surface area contributed by atoms with Gasteiger partial charge < -0.3 is 9.47 Å². The van der Waals surface area contributed by atoms with Crippen molar-refractivity contribution in [2.75, 3.05) is 14.2 Å². The molecule has 0 heterocycles. The molecular formula is C22H26O5P. The zero-order valence-corrected chi connectivity index (χ0v) is 17.8. The van der Waals surface area contributed by atoms with Crippen LogP contribution in [0.5, 0.6) is 11.5 Å². The van der Waals surface area contributed by atoms with Gasteiger partial charge in [0.1, 0.15) is 17.1 Å². The molecule has 0 aromatic heterocycles. The van der Waals surface area contributed by atoms with E-state index in [-0.39, 0.29) is 22.8 Å². The third kappa shape index (κ3) is 4.15. The Morgan fingerprint density at radius 2 is 1.36 bits per heavy atom. The number of aryl methyl sites for hydroxylation is 2. The molecule has 1 radical (unpaired) electrons. The first-order valence-corrected chi connectivity index (χ1v) is 10.6. The standard InChI is InChI=1S/C22H26O5P/c1-6-15-10-8-11-16(7-2)19(15)21(23)14(3)28(25)22(24)20-17(26-4)12-9-13-18(20)27-5/h8-14H,6-7H2,1-5H3. The van der Waals surface area contributed by atoms with Crippen LogP contribution in [0.1, 0.15) is 52.6 Å². The van der Waals surface area contributed by atoms with E-state index in [0.29, 0.717) is 18.4 Å². The summed E-state index contributed by atoms with van der Waals surface area (Å²) in [4.78, 5) is 26.2. The van der Waals surface area contributed by atoms with Crippen LogP contribution in [0.4, 0.5) is 0 Å². The van der Waals surface area contributed by atoms with E-state index in [1.807, 2.05) is 32.0 Å². The fourth-order valence-corrected chi connectivity index (χ4v) is 4.36. The van der Waals surface area contributed by atoms with Crippen molar-refractivity contribution in [1.82, 2.24) is 0 Å². The van der Waals surface area contributed by atoms with Gasteiger partial charge in [-0.05, 0) is 43.0 Å². The topological polar surface area (TPSA) is 69.7 Å². The van der Waals surface area contributed by atoms with E-state index in [1.54, 1.807) is 25.1 Å². The molecular weight excluding hydrogens is 375 g/mol. The smallest absolute Gasteiger partial charge is 0.250 e. The molecule has 2 rings (SSSR count). The summed E-state index contributed by atoms with van der Waals surface area (Å²) in [5.41, 5.74) is 0.909. The number of ketones is 1. The van der Waals surface area contributed by atoms with Gasteiger partial charge in [0.15, 0.2) is 13.6 Å². The molecule has 5 nitrogen and oxygen atoms in total. The van der Waals surface area contributed by atoms with Crippen molar-refractivity contribution in [1.29, 1.82) is 0 Å². The highest BCUT2D eigenvalue weighted by molar-refractivity contribution is 7.66. The quantitative estimate of drug-likeness (QED) is 0.434. The lowest BCUT2D eigenvalue weighted by atomic mass is 9.93. The van der Waals surface area contributed by atoms with Gasteiger partial charge in [-0.15, -0.1) is 0 Å². The maximum absolute atomic E-state index is 13.2. The lowest BCUT2D eigenvalue weighted by Crippen LogP contribution is -2.20. The minimum atomic E-state index is -2.52. The normalized spacial score (nSPS) is 12.2. The van der Waals surface area contributed by atoms with Gasteiger partial charge in [-0.25, -0.2) is 0 Å². The highest BCUT2D eigenvalue weighted by Crippen LogP contribution is 2.41. The molecule has 0 fully saturated rings. The summed E-state index contributed by atoms with van der Waals surface area (Å²) in [6, 6.07) is 10.6. The summed E-state index contributed by atoms with van der Waals surface area (Å²) in [5, 5.41) is 0. The summed E-state index contributed by atoms with van der Waals surface area (Å²) in [6.45, 7) is 5.49. The third-order valence-electron chi connectivity index (χ3n) is 4.82. The van der Waals surface area contributed by atoms with Gasteiger partial charge in [0.2, 0.25) is 5.52 Å². The third-order valence-corrected chi connectivity index (χ3v) is 6.38. The van der Waals surface area contributed by atoms with Gasteiger partial charge in [0.05, 0.1) is 19.9 Å². The Balaban J connectivity index is 2.44. The molecule has 2 aromatic carbocycles. The number of rotatable bonds is 9. The average Bonchev–Trinajstić information content (AvgIpc) is 2.75. The molecule has 0 aliphatic rings. The van der Waals surface area contributed by atoms with Crippen molar-refractivity contribution in [3.8, 4) is 11.5 Å². The minimum Gasteiger partial charge on any atom is -0.496 e. The molecule has 2 atom stereocenters. The number of hydrogen-bond acceptors (Lipinski definition) is 5. The Bertz CT molecular complexity index is 859. The second-order valence-electron chi connectivity index (χ2n) is 6.37. The summed E-state index contributed by atoms with van der Waals surface area (Å²) in [7, 11) is 0.338. The summed E-state index contributed by atoms with van der Waals surface area (Å²) in [5.74, 6) is 0.281. The van der Waals surface area contributed by atoms with E-state index in [1.165, 1.54) is 14.2 Å². The number of ether oxygens (including phenoxy) is 2. The van der Waals surface area contributed by atoms with Crippen LogP contribution in [-0.4, -0.2) is 31.2 Å². The molecule has 0 saturated carbocycles. The first kappa shape index (κ1) is 21.8. The van der Waals surface area contributed by atoms with Crippen LogP contribution >= 0.6 is 7.80 Å². The van der Waals surface area contributed by atoms with E-state index in [4.69, 9.17) is 9.47 Å². The monoisotopic (exact) mass is 401 g/mol. The highest BCUT2D eigenvalue weighted by atomic mass is 31.1. The number of benzene rings is 2. The number of hydrogen-bond donors (Lipinski definition) is 0. The van der Waals surface area contributed by atoms with Gasteiger partial charge in [0, 0.05) is 5.56 Å². The van der Waals surface area contributed by atoms with Gasteiger partial charge in [-0.1, -0.05) is 38.1 Å². The summed E-state index contributed by atoms with van der Waals surface area (Å²) in [6.07, 6.45) is 1.37. The lowest BCUT2D eigenvalue weighted by molar-refractivity contribution is 0.0980. The van der Waals surface area contributed by atoms with Crippen molar-refractivity contribution < 1.29 is 23.6 Å². The first-order valence-electron chi connectivity index (χ1n) is 9.27. The van der Waals surface area contributed by atoms with E-state index in [9.17, 15) is 14.2 Å². The molecule has 0 N–H and O–H groups in total. The Kier molecular flexibility index (Phi) is 7.47. The lowest BCUT2D eigenvalue weighted by Gasteiger charge is -2.17. The van der Waals surface area contributed by atoms with Crippen molar-refractivity contribution >= 4 is 19.1 Å². The Morgan fingerprint density at radius 1 is 0.893 bits per heavy atom. The maximum Gasteiger partial charge on any atom is 0.250 e. The molecule has 2 unspecified atom stereocenters. The molecule has 0 aliphatic heterocycles. The van der Waals surface area contributed by atoms with Gasteiger partial charge >= 0.3 is 0 Å². The zero-order valence-electron chi connectivity index (χ0n) is 16.9. The molecule has 28 heavy (non-hydrogen) atoms. The van der Waals surface area contributed by atoms with Gasteiger partial charge in [-0.3, -0.25) is 14.2 Å². The Labute approximate surface area is 166 Å². The molecule has 0 bridgehead atoms. The molecule has 6 heteroatoms. The molecule has 0 aliphatic carbocycles. The van der Waals surface area contributed by atoms with Crippen LogP contribution in [-0.2, 0) is 17.4 Å². The van der Waals surface area contributed by atoms with Gasteiger partial charge in [0.25, 0.3) is 0 Å². The predicted molar refractivity (Wildman–Crippen MR) is 110 cm³/mol. The zero-order chi connectivity index (χ0) is 20.8. The predicted octanol–water partition coefficient (Wildman–Crippen LogP) is 5.07. The number of methoxy groups -OCH3 is 2. The molecule has 149 valence electrons. The van der Waals surface area contributed by atoms with Gasteiger partial charge in [-0.2, -0.15) is 0 Å². The van der Waals surface area contributed by atoms with Crippen molar-refractivity contribution in [3.05, 3.63) is 58.7 Å². The van der Waals surface area contributed by atoms with E-state index in [2.05, 4.69) is 0 Å². The maximum atomic E-state index is 13.2. The van der Waals surface area contributed by atoms with E-state index in [0.717, 1.165) is 11.1 Å². The van der Waals surface area contributed by atoms with Crippen LogP contribution in [0.15, 0.2) is 36.4 Å². The van der Waals surface area contributed by atoms with E-state index >= 15 is 0 Å². The SMILES string of the molecule is CCc1cccc(CC)c1C(=O)C(C)[P](=O)C(=O)c1c(OC)cccc1OC. The van der Waals surface area contributed by atoms with E-state index < -0.39 is 19.0 Å². The molecule has 0 saturated heterocycles. The van der Waals surface area contributed by atoms with Crippen LogP contribution < -0.4 is 9.47 Å². The van der Waals surface area contributed by atoms with Crippen LogP contribution in [0.3, 0.4) is 0 Å². The Hall–Kier alpha value is -2.52. The Morgan fingerprint density at radius 3 is 1.79 bits per heavy atom. The second kappa shape index (κ2) is 9.61. The van der Waals surface area contributed by atoms with Crippen LogP contribution in [0.2, 0.25) is 0 Å². The molecule has 2 aromatic rings. The average molecular weight is 401 g/mol. The largest absolute Gasteiger partial charge is 0.496 e. The van der Waals surface area contributed by atoms with Crippen molar-refractivity contribution in [2.24, 2.45) is 0 Å². The first-order chi connectivity index (χ1) is 13.4. The molecule has 0 spiro atoms. The number of carbonyl (C=O) groups is 2. The van der Waals surface area contributed by atoms with Crippen molar-refractivity contribution in [3.63, 3.8) is 0 Å². The molecule has 0 amide bonds. The van der Waals surface area contributed by atoms with Crippen LogP contribution in [0.25, 0.3) is 0 Å².